The van der Waals surface area contributed by atoms with E-state index in [2.05, 4.69) is 36.6 Å². The zero-order chi connectivity index (χ0) is 36.4. The first kappa shape index (κ1) is 33.2. The third-order valence-corrected chi connectivity index (χ3v) is 11.0. The summed E-state index contributed by atoms with van der Waals surface area (Å²) in [6.45, 7) is 2.19. The topological polar surface area (TPSA) is 214 Å². The number of aromatic nitrogens is 3. The van der Waals surface area contributed by atoms with Gasteiger partial charge in [0, 0.05) is 31.1 Å². The summed E-state index contributed by atoms with van der Waals surface area (Å²) in [5.74, 6) is -2.27. The highest BCUT2D eigenvalue weighted by molar-refractivity contribution is 6.23. The molecule has 2 saturated carbocycles. The Kier molecular flexibility index (Phi) is 7.91. The van der Waals surface area contributed by atoms with Gasteiger partial charge in [-0.2, -0.15) is 0 Å². The SMILES string of the molecule is Cc1cc(Nc2cc(NC(=O)CCCNc3ccc4c(c3)C(=O)N(C3CCC(=O)NC3=O)C4=O)ncn2)c(=O)n2c1C(=O)NC21CCC2(CC2)CC1. The second-order valence-electron chi connectivity index (χ2n) is 14.4. The number of fused-ring (bicyclic) bond motifs is 3. The van der Waals surface area contributed by atoms with E-state index in [0.29, 0.717) is 54.0 Å². The number of aryl methyl sites for hydroxylation is 1. The van der Waals surface area contributed by atoms with E-state index in [1.54, 1.807) is 16.7 Å². The lowest BCUT2D eigenvalue weighted by atomic mass is 9.79. The molecule has 5 heterocycles. The normalized spacial score (nSPS) is 20.8. The molecule has 3 fully saturated rings. The quantitative estimate of drug-likeness (QED) is 0.161. The molecule has 268 valence electrons. The van der Waals surface area contributed by atoms with Gasteiger partial charge in [0.2, 0.25) is 17.7 Å². The number of carbonyl (C=O) groups excluding carboxylic acids is 6. The minimum Gasteiger partial charge on any atom is -0.385 e. The summed E-state index contributed by atoms with van der Waals surface area (Å²) < 4.78 is 1.64. The summed E-state index contributed by atoms with van der Waals surface area (Å²) in [6.07, 6.45) is 7.77. The molecule has 8 rings (SSSR count). The fourth-order valence-electron chi connectivity index (χ4n) is 7.97. The van der Waals surface area contributed by atoms with Crippen molar-refractivity contribution >= 4 is 58.5 Å². The van der Waals surface area contributed by atoms with Crippen LogP contribution in [0.3, 0.4) is 0 Å². The van der Waals surface area contributed by atoms with E-state index in [0.717, 1.165) is 17.7 Å². The van der Waals surface area contributed by atoms with Crippen molar-refractivity contribution in [1.82, 2.24) is 30.1 Å². The Morgan fingerprint density at radius 2 is 1.65 bits per heavy atom. The fourth-order valence-corrected chi connectivity index (χ4v) is 7.97. The number of nitrogens with zero attached hydrogens (tertiary/aromatic N) is 4. The van der Waals surface area contributed by atoms with E-state index >= 15 is 0 Å². The van der Waals surface area contributed by atoms with Crippen LogP contribution in [0.2, 0.25) is 0 Å². The molecule has 2 aromatic heterocycles. The first-order valence-electron chi connectivity index (χ1n) is 17.5. The highest BCUT2D eigenvalue weighted by atomic mass is 16.2. The van der Waals surface area contributed by atoms with E-state index in [1.165, 1.54) is 37.4 Å². The van der Waals surface area contributed by atoms with Gasteiger partial charge < -0.3 is 21.3 Å². The van der Waals surface area contributed by atoms with Gasteiger partial charge in [0.25, 0.3) is 23.3 Å². The van der Waals surface area contributed by atoms with Crippen LogP contribution in [0.5, 0.6) is 0 Å². The molecule has 52 heavy (non-hydrogen) atoms. The van der Waals surface area contributed by atoms with Gasteiger partial charge in [-0.25, -0.2) is 9.97 Å². The maximum Gasteiger partial charge on any atom is 0.276 e. The van der Waals surface area contributed by atoms with Gasteiger partial charge in [0.05, 0.1) is 11.1 Å². The van der Waals surface area contributed by atoms with Crippen LogP contribution in [0, 0.1) is 12.3 Å². The van der Waals surface area contributed by atoms with Crippen LogP contribution < -0.4 is 32.1 Å². The number of rotatable bonds is 9. The third kappa shape index (κ3) is 5.77. The maximum atomic E-state index is 13.8. The highest BCUT2D eigenvalue weighted by Gasteiger charge is 2.54. The lowest BCUT2D eigenvalue weighted by molar-refractivity contribution is -0.136. The number of imide groups is 2. The van der Waals surface area contributed by atoms with Crippen molar-refractivity contribution in [2.24, 2.45) is 5.41 Å². The van der Waals surface area contributed by atoms with Crippen molar-refractivity contribution in [3.8, 4) is 0 Å². The number of carbonyl (C=O) groups is 6. The third-order valence-electron chi connectivity index (χ3n) is 11.0. The monoisotopic (exact) mass is 707 g/mol. The summed E-state index contributed by atoms with van der Waals surface area (Å²) in [4.78, 5) is 98.8. The van der Waals surface area contributed by atoms with Crippen molar-refractivity contribution in [2.45, 2.75) is 82.8 Å². The number of piperidine rings is 1. The van der Waals surface area contributed by atoms with Crippen LogP contribution in [0.15, 0.2) is 41.5 Å². The molecule has 5 N–H and O–H groups in total. The molecule has 16 heteroatoms. The first-order chi connectivity index (χ1) is 25.0. The van der Waals surface area contributed by atoms with E-state index in [1.807, 2.05) is 6.92 Å². The molecular weight excluding hydrogens is 670 g/mol. The van der Waals surface area contributed by atoms with E-state index in [4.69, 9.17) is 0 Å². The number of pyridine rings is 1. The zero-order valence-electron chi connectivity index (χ0n) is 28.5. The van der Waals surface area contributed by atoms with Crippen molar-refractivity contribution in [2.75, 3.05) is 22.5 Å². The number of benzene rings is 1. The molecule has 3 aromatic rings. The van der Waals surface area contributed by atoms with Crippen molar-refractivity contribution < 1.29 is 28.8 Å². The Labute approximate surface area is 297 Å². The Morgan fingerprint density at radius 3 is 2.40 bits per heavy atom. The van der Waals surface area contributed by atoms with Gasteiger partial charge in [0.15, 0.2) is 0 Å². The second kappa shape index (κ2) is 12.4. The largest absolute Gasteiger partial charge is 0.385 e. The molecule has 1 unspecified atom stereocenters. The number of hydrogen-bond acceptors (Lipinski definition) is 11. The molecule has 5 aliphatic rings. The summed E-state index contributed by atoms with van der Waals surface area (Å²) in [7, 11) is 0. The fraction of sp³-hybridized carbons (Fsp3) is 0.417. The zero-order valence-corrected chi connectivity index (χ0v) is 28.5. The minimum absolute atomic E-state index is 0.0406. The predicted octanol–water partition coefficient (Wildman–Crippen LogP) is 2.67. The summed E-state index contributed by atoms with van der Waals surface area (Å²) in [5, 5.41) is 14.3. The van der Waals surface area contributed by atoms with Gasteiger partial charge in [-0.3, -0.25) is 48.3 Å². The molecule has 0 radical (unpaired) electrons. The van der Waals surface area contributed by atoms with Gasteiger partial charge in [-0.05, 0) is 93.5 Å². The standard InChI is InChI=1S/C36H37N9O7/c1-19-15-23(34(52)45-29(19)31(49)43-36(45)12-10-35(8-9-35)11-13-36)40-25-17-26(39-18-38-25)41-27(46)3-2-14-37-20-4-5-21-22(16-20)33(51)44(32(21)50)24-6-7-28(47)42-30(24)48/h4-5,15-18,24,37H,2-3,6-14H2,1H3,(H,43,49)(H,42,47,48)(H2,38,39,40,41,46). The molecule has 2 aliphatic carbocycles. The smallest absolute Gasteiger partial charge is 0.276 e. The lowest BCUT2D eigenvalue weighted by Gasteiger charge is -2.39. The average Bonchev–Trinajstić information content (AvgIpc) is 3.75. The van der Waals surface area contributed by atoms with Gasteiger partial charge in [0.1, 0.15) is 41.0 Å². The molecular formula is C36H37N9O7. The molecule has 2 spiro atoms. The van der Waals surface area contributed by atoms with Crippen molar-refractivity contribution in [3.63, 3.8) is 0 Å². The number of anilines is 4. The van der Waals surface area contributed by atoms with Crippen LogP contribution in [-0.4, -0.2) is 67.5 Å². The Bertz CT molecular complexity index is 2150. The van der Waals surface area contributed by atoms with E-state index in [9.17, 15) is 33.6 Å². The maximum absolute atomic E-state index is 13.8. The molecule has 3 aliphatic heterocycles. The first-order valence-corrected chi connectivity index (χ1v) is 17.5. The molecule has 6 amide bonds. The number of nitrogens with one attached hydrogen (secondary N) is 5. The summed E-state index contributed by atoms with van der Waals surface area (Å²) in [5.41, 5.74) is 1.59. The predicted molar refractivity (Wildman–Crippen MR) is 186 cm³/mol. The van der Waals surface area contributed by atoms with Crippen LogP contribution in [0.25, 0.3) is 0 Å². The van der Waals surface area contributed by atoms with Crippen LogP contribution in [-0.2, 0) is 20.0 Å². The Balaban J connectivity index is 0.864. The average molecular weight is 708 g/mol. The number of hydrogen-bond donors (Lipinski definition) is 5. The van der Waals surface area contributed by atoms with Gasteiger partial charge >= 0.3 is 0 Å². The minimum atomic E-state index is -1.04. The van der Waals surface area contributed by atoms with Crippen molar-refractivity contribution in [1.29, 1.82) is 0 Å². The summed E-state index contributed by atoms with van der Waals surface area (Å²) >= 11 is 0. The van der Waals surface area contributed by atoms with E-state index in [-0.39, 0.29) is 59.3 Å². The number of amides is 6. The van der Waals surface area contributed by atoms with Gasteiger partial charge in [-0.15, -0.1) is 0 Å². The van der Waals surface area contributed by atoms with Crippen LogP contribution in [0.1, 0.15) is 101 Å². The lowest BCUT2D eigenvalue weighted by Crippen LogP contribution is -2.54. The molecule has 1 atom stereocenters. The summed E-state index contributed by atoms with van der Waals surface area (Å²) in [6, 6.07) is 6.84. The molecule has 1 saturated heterocycles. The Hall–Kier alpha value is -5.93. The van der Waals surface area contributed by atoms with Crippen LogP contribution >= 0.6 is 0 Å². The van der Waals surface area contributed by atoms with Crippen LogP contribution in [0.4, 0.5) is 23.0 Å². The van der Waals surface area contributed by atoms with Crippen molar-refractivity contribution in [3.05, 3.63) is 69.4 Å². The molecule has 16 nitrogen and oxygen atoms in total. The van der Waals surface area contributed by atoms with E-state index < -0.39 is 35.3 Å². The molecule has 1 aromatic carbocycles. The Morgan fingerprint density at radius 1 is 0.923 bits per heavy atom. The second-order valence-corrected chi connectivity index (χ2v) is 14.4. The molecule has 0 bridgehead atoms. The highest BCUT2D eigenvalue weighted by Crippen LogP contribution is 2.59. The van der Waals surface area contributed by atoms with Gasteiger partial charge in [-0.1, -0.05) is 0 Å².